The number of benzene rings is 3. The van der Waals surface area contributed by atoms with E-state index < -0.39 is 0 Å². The van der Waals surface area contributed by atoms with Gasteiger partial charge in [-0.1, -0.05) is 47.7 Å². The van der Waals surface area contributed by atoms with Gasteiger partial charge in [-0.15, -0.1) is 0 Å². The molecule has 5 nitrogen and oxygen atoms in total. The van der Waals surface area contributed by atoms with E-state index in [1.54, 1.807) is 7.11 Å². The maximum absolute atomic E-state index is 12.5. The van der Waals surface area contributed by atoms with Crippen molar-refractivity contribution < 1.29 is 9.53 Å². The van der Waals surface area contributed by atoms with E-state index in [-0.39, 0.29) is 11.7 Å². The van der Waals surface area contributed by atoms with Crippen molar-refractivity contribution in [1.29, 1.82) is 0 Å². The number of carbonyl (C=O) groups is 1. The van der Waals surface area contributed by atoms with Crippen LogP contribution in [0.4, 0.5) is 5.69 Å². The number of aromatic nitrogens is 2. The van der Waals surface area contributed by atoms with Gasteiger partial charge in [-0.25, -0.2) is 4.98 Å². The normalized spacial score (nSPS) is 10.6. The third-order valence-electron chi connectivity index (χ3n) is 4.80. The van der Waals surface area contributed by atoms with Gasteiger partial charge in [0.1, 0.15) is 5.75 Å². The predicted molar refractivity (Wildman–Crippen MR) is 126 cm³/mol. The lowest BCUT2D eigenvalue weighted by molar-refractivity contribution is -0.113. The molecule has 0 bridgehead atoms. The van der Waals surface area contributed by atoms with Crippen LogP contribution in [0.1, 0.15) is 5.56 Å². The molecule has 0 aliphatic heterocycles. The van der Waals surface area contributed by atoms with Gasteiger partial charge in [0.25, 0.3) is 0 Å². The summed E-state index contributed by atoms with van der Waals surface area (Å²) in [5, 5.41) is 3.70. The highest BCUT2D eigenvalue weighted by molar-refractivity contribution is 7.99. The molecule has 156 valence electrons. The number of methoxy groups -OCH3 is 1. The Hall–Kier alpha value is -3.51. The van der Waals surface area contributed by atoms with Crippen LogP contribution in [0.2, 0.25) is 0 Å². The van der Waals surface area contributed by atoms with E-state index in [9.17, 15) is 4.79 Å². The van der Waals surface area contributed by atoms with Crippen LogP contribution in [0.15, 0.2) is 90.2 Å². The molecule has 0 aliphatic rings. The largest absolute Gasteiger partial charge is 0.497 e. The lowest BCUT2D eigenvalue weighted by Crippen LogP contribution is -2.14. The molecule has 31 heavy (non-hydrogen) atoms. The summed E-state index contributed by atoms with van der Waals surface area (Å²) in [5.74, 6) is 0.999. The van der Waals surface area contributed by atoms with Gasteiger partial charge in [0.05, 0.1) is 24.8 Å². The van der Waals surface area contributed by atoms with E-state index in [1.807, 2.05) is 92.0 Å². The van der Waals surface area contributed by atoms with Crippen molar-refractivity contribution in [3.8, 4) is 22.7 Å². The Kier molecular flexibility index (Phi) is 6.38. The molecule has 0 aliphatic carbocycles. The van der Waals surface area contributed by atoms with Gasteiger partial charge in [0.15, 0.2) is 5.16 Å². The van der Waals surface area contributed by atoms with Crippen molar-refractivity contribution >= 4 is 23.4 Å². The molecule has 1 N–H and O–H groups in total. The van der Waals surface area contributed by atoms with Gasteiger partial charge in [0.2, 0.25) is 5.91 Å². The minimum absolute atomic E-state index is 0.0672. The number of hydrogen-bond donors (Lipinski definition) is 1. The zero-order valence-corrected chi connectivity index (χ0v) is 18.2. The first kappa shape index (κ1) is 20.8. The number of amides is 1. The molecule has 1 aromatic heterocycles. The van der Waals surface area contributed by atoms with Crippen molar-refractivity contribution in [1.82, 2.24) is 9.55 Å². The van der Waals surface area contributed by atoms with Gasteiger partial charge in [0, 0.05) is 16.9 Å². The van der Waals surface area contributed by atoms with E-state index in [0.717, 1.165) is 39.1 Å². The van der Waals surface area contributed by atoms with Crippen LogP contribution in [-0.2, 0) is 4.79 Å². The molecule has 3 aromatic carbocycles. The number of rotatable bonds is 7. The average Bonchev–Trinajstić information content (AvgIpc) is 3.24. The lowest BCUT2D eigenvalue weighted by atomic mass is 10.1. The first-order valence-electron chi connectivity index (χ1n) is 9.91. The maximum atomic E-state index is 12.5. The molecule has 0 fully saturated rings. The number of nitrogens with zero attached hydrogens (tertiary/aromatic N) is 2. The molecule has 0 unspecified atom stereocenters. The van der Waals surface area contributed by atoms with Crippen LogP contribution >= 0.6 is 11.8 Å². The van der Waals surface area contributed by atoms with Crippen LogP contribution in [0.25, 0.3) is 16.9 Å². The first-order chi connectivity index (χ1) is 15.1. The Morgan fingerprint density at radius 1 is 1.00 bits per heavy atom. The molecule has 0 radical (unpaired) electrons. The average molecular weight is 430 g/mol. The van der Waals surface area contributed by atoms with Crippen LogP contribution in [0.3, 0.4) is 0 Å². The summed E-state index contributed by atoms with van der Waals surface area (Å²) >= 11 is 1.41. The third-order valence-corrected chi connectivity index (χ3v) is 5.75. The van der Waals surface area contributed by atoms with Gasteiger partial charge in [-0.05, 0) is 55.5 Å². The van der Waals surface area contributed by atoms with Crippen molar-refractivity contribution in [2.75, 3.05) is 18.2 Å². The molecular formula is C25H23N3O2S. The summed E-state index contributed by atoms with van der Waals surface area (Å²) in [6.07, 6.45) is 1.84. The van der Waals surface area contributed by atoms with E-state index in [0.29, 0.717) is 0 Å². The zero-order chi connectivity index (χ0) is 21.6. The predicted octanol–water partition coefficient (Wildman–Crippen LogP) is 5.59. The minimum Gasteiger partial charge on any atom is -0.497 e. The summed E-state index contributed by atoms with van der Waals surface area (Å²) in [5.41, 5.74) is 4.92. The summed E-state index contributed by atoms with van der Waals surface area (Å²) in [4.78, 5) is 17.1. The van der Waals surface area contributed by atoms with E-state index in [1.165, 1.54) is 11.8 Å². The Labute approximate surface area is 186 Å². The van der Waals surface area contributed by atoms with E-state index in [2.05, 4.69) is 14.9 Å². The number of aryl methyl sites for hydroxylation is 1. The Morgan fingerprint density at radius 3 is 2.39 bits per heavy atom. The number of ether oxygens (including phenoxy) is 1. The van der Waals surface area contributed by atoms with E-state index >= 15 is 0 Å². The second kappa shape index (κ2) is 9.53. The summed E-state index contributed by atoms with van der Waals surface area (Å²) in [7, 11) is 1.65. The number of carbonyl (C=O) groups excluding carboxylic acids is 1. The van der Waals surface area contributed by atoms with Gasteiger partial charge >= 0.3 is 0 Å². The van der Waals surface area contributed by atoms with Crippen LogP contribution in [0, 0.1) is 6.92 Å². The Morgan fingerprint density at radius 2 is 1.71 bits per heavy atom. The molecule has 0 spiro atoms. The molecule has 0 saturated heterocycles. The zero-order valence-electron chi connectivity index (χ0n) is 17.4. The fourth-order valence-electron chi connectivity index (χ4n) is 3.19. The maximum Gasteiger partial charge on any atom is 0.234 e. The number of thioether (sulfide) groups is 1. The molecule has 4 rings (SSSR count). The van der Waals surface area contributed by atoms with Crippen molar-refractivity contribution in [3.05, 3.63) is 90.6 Å². The third kappa shape index (κ3) is 4.98. The number of para-hydroxylation sites is 1. The molecule has 0 saturated carbocycles. The number of anilines is 1. The van der Waals surface area contributed by atoms with Crippen molar-refractivity contribution in [3.63, 3.8) is 0 Å². The van der Waals surface area contributed by atoms with Gasteiger partial charge in [-0.3, -0.25) is 9.36 Å². The SMILES string of the molecule is COc1ccc(-c2cnc(SCC(=O)Nc3ccc(C)cc3)n2-c2ccccc2)cc1. The van der Waals surface area contributed by atoms with Gasteiger partial charge < -0.3 is 10.1 Å². The number of hydrogen-bond acceptors (Lipinski definition) is 4. The molecular weight excluding hydrogens is 406 g/mol. The fraction of sp³-hybridized carbons (Fsp3) is 0.120. The molecule has 4 aromatic rings. The molecule has 6 heteroatoms. The van der Waals surface area contributed by atoms with Crippen molar-refractivity contribution in [2.45, 2.75) is 12.1 Å². The second-order valence-electron chi connectivity index (χ2n) is 7.03. The Bertz CT molecular complexity index is 1150. The summed E-state index contributed by atoms with van der Waals surface area (Å²) in [6, 6.07) is 25.7. The number of imidazole rings is 1. The first-order valence-corrected chi connectivity index (χ1v) is 10.9. The molecule has 0 atom stereocenters. The highest BCUT2D eigenvalue weighted by Crippen LogP contribution is 2.30. The summed E-state index contributed by atoms with van der Waals surface area (Å²) in [6.45, 7) is 2.02. The second-order valence-corrected chi connectivity index (χ2v) is 7.97. The Balaban J connectivity index is 1.57. The smallest absolute Gasteiger partial charge is 0.234 e. The molecule has 1 amide bonds. The summed E-state index contributed by atoms with van der Waals surface area (Å²) < 4.78 is 7.35. The van der Waals surface area contributed by atoms with Crippen molar-refractivity contribution in [2.24, 2.45) is 0 Å². The van der Waals surface area contributed by atoms with Crippen LogP contribution in [-0.4, -0.2) is 28.3 Å². The van der Waals surface area contributed by atoms with Crippen LogP contribution < -0.4 is 10.1 Å². The standard InChI is InChI=1S/C25H23N3O2S/c1-18-8-12-20(13-9-18)27-24(29)17-31-25-26-16-23(19-10-14-22(30-2)15-11-19)28(25)21-6-4-3-5-7-21/h3-16H,17H2,1-2H3,(H,27,29). The monoisotopic (exact) mass is 429 g/mol. The lowest BCUT2D eigenvalue weighted by Gasteiger charge is -2.12. The minimum atomic E-state index is -0.0672. The molecule has 1 heterocycles. The number of nitrogens with one attached hydrogen (secondary N) is 1. The van der Waals surface area contributed by atoms with Crippen LogP contribution in [0.5, 0.6) is 5.75 Å². The highest BCUT2D eigenvalue weighted by Gasteiger charge is 2.15. The fourth-order valence-corrected chi connectivity index (χ4v) is 3.99. The quantitative estimate of drug-likeness (QED) is 0.389. The van der Waals surface area contributed by atoms with Gasteiger partial charge in [-0.2, -0.15) is 0 Å². The highest BCUT2D eigenvalue weighted by atomic mass is 32.2. The topological polar surface area (TPSA) is 56.1 Å². The van der Waals surface area contributed by atoms with E-state index in [4.69, 9.17) is 4.74 Å².